The molecule has 1 rings (SSSR count). The summed E-state index contributed by atoms with van der Waals surface area (Å²) >= 11 is 0. The van der Waals surface area contributed by atoms with Crippen molar-refractivity contribution in [3.05, 3.63) is 0 Å². The van der Waals surface area contributed by atoms with E-state index < -0.39 is 9.84 Å². The minimum atomic E-state index is -2.87. The lowest BCUT2D eigenvalue weighted by Gasteiger charge is -2.25. The number of nitrogens with zero attached hydrogens (tertiary/aromatic N) is 1. The molecule has 0 aromatic heterocycles. The Hall–Kier alpha value is -0.420. The first-order valence-corrected chi connectivity index (χ1v) is 7.30. The molecule has 0 aliphatic carbocycles. The van der Waals surface area contributed by atoms with E-state index in [1.54, 1.807) is 0 Å². The van der Waals surface area contributed by atoms with Gasteiger partial charge in [0.25, 0.3) is 0 Å². The maximum atomic E-state index is 11.4. The van der Waals surface area contributed by atoms with Gasteiger partial charge in [-0.2, -0.15) is 0 Å². The number of sulfone groups is 1. The van der Waals surface area contributed by atoms with Crippen LogP contribution in [0.25, 0.3) is 0 Å². The molecule has 4 nitrogen and oxygen atoms in total. The molecule has 0 radical (unpaired) electrons. The predicted molar refractivity (Wildman–Crippen MR) is 59.6 cm³/mol. The van der Waals surface area contributed by atoms with E-state index >= 15 is 0 Å². The molecule has 0 unspecified atom stereocenters. The number of rotatable bonds is 5. The minimum Gasteiger partial charge on any atom is -0.301 e. The van der Waals surface area contributed by atoms with Crippen molar-refractivity contribution in [2.45, 2.75) is 26.2 Å². The summed E-state index contributed by atoms with van der Waals surface area (Å²) in [4.78, 5) is 13.0. The highest BCUT2D eigenvalue weighted by molar-refractivity contribution is 7.91. The highest BCUT2D eigenvalue weighted by atomic mass is 32.2. The third-order valence-corrected chi connectivity index (χ3v) is 4.48. The van der Waals surface area contributed by atoms with Crippen LogP contribution in [-0.2, 0) is 14.6 Å². The number of piperidine rings is 1. The highest BCUT2D eigenvalue weighted by Gasteiger charge is 2.18. The second-order valence-electron chi connectivity index (χ2n) is 4.03. The summed E-state index contributed by atoms with van der Waals surface area (Å²) in [5.74, 6) is 0.803. The summed E-state index contributed by atoms with van der Waals surface area (Å²) in [7, 11) is -2.87. The van der Waals surface area contributed by atoms with E-state index in [1.807, 2.05) is 6.92 Å². The largest absolute Gasteiger partial charge is 0.301 e. The van der Waals surface area contributed by atoms with Gasteiger partial charge in [-0.3, -0.25) is 4.79 Å². The van der Waals surface area contributed by atoms with Crippen molar-refractivity contribution in [2.24, 2.45) is 0 Å². The van der Waals surface area contributed by atoms with Gasteiger partial charge in [-0.05, 0) is 6.42 Å². The van der Waals surface area contributed by atoms with Crippen LogP contribution in [0.15, 0.2) is 0 Å². The molecule has 1 fully saturated rings. The Morgan fingerprint density at radius 2 is 1.80 bits per heavy atom. The Balaban J connectivity index is 2.28. The summed E-state index contributed by atoms with van der Waals surface area (Å²) < 4.78 is 22.9. The average Bonchev–Trinajstić information content (AvgIpc) is 2.17. The summed E-state index contributed by atoms with van der Waals surface area (Å²) in [6, 6.07) is 0. The Kier molecular flexibility index (Phi) is 4.73. The smallest absolute Gasteiger partial charge is 0.151 e. The van der Waals surface area contributed by atoms with E-state index in [4.69, 9.17) is 0 Å². The van der Waals surface area contributed by atoms with E-state index in [0.717, 1.165) is 13.1 Å². The quantitative estimate of drug-likeness (QED) is 0.693. The molecule has 0 aromatic rings. The summed E-state index contributed by atoms with van der Waals surface area (Å²) in [5, 5.41) is 0. The molecule has 1 aliphatic rings. The van der Waals surface area contributed by atoms with E-state index in [9.17, 15) is 13.2 Å². The molecule has 0 N–H and O–H groups in total. The SMILES string of the molecule is CCCS(=O)(=O)CCN1CCC(=O)CC1. The lowest BCUT2D eigenvalue weighted by molar-refractivity contribution is -0.121. The van der Waals surface area contributed by atoms with E-state index in [0.29, 0.717) is 31.6 Å². The second-order valence-corrected chi connectivity index (χ2v) is 6.34. The number of carbonyl (C=O) groups excluding carboxylic acids is 1. The molecule has 0 spiro atoms. The van der Waals surface area contributed by atoms with Crippen LogP contribution >= 0.6 is 0 Å². The van der Waals surface area contributed by atoms with E-state index in [1.165, 1.54) is 0 Å². The molecule has 0 saturated carbocycles. The fraction of sp³-hybridized carbons (Fsp3) is 0.900. The first-order valence-electron chi connectivity index (χ1n) is 5.48. The van der Waals surface area contributed by atoms with Gasteiger partial charge >= 0.3 is 0 Å². The first-order chi connectivity index (χ1) is 7.03. The second kappa shape index (κ2) is 5.61. The fourth-order valence-corrected chi connectivity index (χ4v) is 3.07. The van der Waals surface area contributed by atoms with Crippen molar-refractivity contribution >= 4 is 15.6 Å². The van der Waals surface area contributed by atoms with Gasteiger partial charge in [-0.15, -0.1) is 0 Å². The normalized spacial score (nSPS) is 19.4. The number of hydrogen-bond acceptors (Lipinski definition) is 4. The Bertz CT molecular complexity index is 301. The zero-order valence-corrected chi connectivity index (χ0v) is 10.1. The highest BCUT2D eigenvalue weighted by Crippen LogP contribution is 2.06. The van der Waals surface area contributed by atoms with Crippen molar-refractivity contribution in [2.75, 3.05) is 31.1 Å². The third kappa shape index (κ3) is 4.75. The summed E-state index contributed by atoms with van der Waals surface area (Å²) in [5.41, 5.74) is 0. The topological polar surface area (TPSA) is 54.5 Å². The maximum Gasteiger partial charge on any atom is 0.151 e. The van der Waals surface area contributed by atoms with Gasteiger partial charge in [0, 0.05) is 38.2 Å². The van der Waals surface area contributed by atoms with Crippen LogP contribution in [0.5, 0.6) is 0 Å². The Labute approximate surface area is 91.6 Å². The number of Topliss-reactive ketones (excluding diaryl/α,β-unsaturated/α-hetero) is 1. The van der Waals surface area contributed by atoms with Crippen LogP contribution < -0.4 is 0 Å². The lowest BCUT2D eigenvalue weighted by Crippen LogP contribution is -2.37. The van der Waals surface area contributed by atoms with Gasteiger partial charge < -0.3 is 4.90 Å². The molecule has 0 bridgehead atoms. The van der Waals surface area contributed by atoms with Crippen LogP contribution in [0.3, 0.4) is 0 Å². The molecular formula is C10H19NO3S. The average molecular weight is 233 g/mol. The van der Waals surface area contributed by atoms with E-state index in [2.05, 4.69) is 4.90 Å². The molecule has 0 aromatic carbocycles. The summed E-state index contributed by atoms with van der Waals surface area (Å²) in [6.45, 7) is 3.90. The molecule has 0 atom stereocenters. The summed E-state index contributed by atoms with van der Waals surface area (Å²) in [6.07, 6.45) is 1.84. The molecule has 1 saturated heterocycles. The first kappa shape index (κ1) is 12.6. The van der Waals surface area contributed by atoms with Crippen molar-refractivity contribution in [3.8, 4) is 0 Å². The number of likely N-dealkylation sites (tertiary alicyclic amines) is 1. The number of ketones is 1. The zero-order chi connectivity index (χ0) is 11.3. The van der Waals surface area contributed by atoms with Gasteiger partial charge in [0.15, 0.2) is 9.84 Å². The maximum absolute atomic E-state index is 11.4. The van der Waals surface area contributed by atoms with Crippen molar-refractivity contribution in [1.82, 2.24) is 4.90 Å². The minimum absolute atomic E-state index is 0.231. The van der Waals surface area contributed by atoms with Crippen molar-refractivity contribution in [3.63, 3.8) is 0 Å². The van der Waals surface area contributed by atoms with Crippen molar-refractivity contribution in [1.29, 1.82) is 0 Å². The van der Waals surface area contributed by atoms with Crippen molar-refractivity contribution < 1.29 is 13.2 Å². The molecule has 1 heterocycles. The fourth-order valence-electron chi connectivity index (χ4n) is 1.71. The van der Waals surface area contributed by atoms with E-state index in [-0.39, 0.29) is 11.5 Å². The molecule has 15 heavy (non-hydrogen) atoms. The third-order valence-electron chi connectivity index (χ3n) is 2.65. The Morgan fingerprint density at radius 1 is 1.20 bits per heavy atom. The predicted octanol–water partition coefficient (Wildman–Crippen LogP) is 0.476. The van der Waals surface area contributed by atoms with Crippen LogP contribution in [0.4, 0.5) is 0 Å². The van der Waals surface area contributed by atoms with Crippen LogP contribution in [-0.4, -0.2) is 50.2 Å². The van der Waals surface area contributed by atoms with Crippen LogP contribution in [0.1, 0.15) is 26.2 Å². The van der Waals surface area contributed by atoms with Gasteiger partial charge in [-0.1, -0.05) is 6.92 Å². The molecule has 5 heteroatoms. The van der Waals surface area contributed by atoms with Crippen LogP contribution in [0, 0.1) is 0 Å². The van der Waals surface area contributed by atoms with Gasteiger partial charge in [-0.25, -0.2) is 8.42 Å². The Morgan fingerprint density at radius 3 is 2.33 bits per heavy atom. The monoisotopic (exact) mass is 233 g/mol. The molecule has 1 aliphatic heterocycles. The number of carbonyl (C=O) groups is 1. The van der Waals surface area contributed by atoms with Gasteiger partial charge in [0.2, 0.25) is 0 Å². The van der Waals surface area contributed by atoms with Gasteiger partial charge in [0.05, 0.1) is 5.75 Å². The molecule has 88 valence electrons. The molecule has 0 amide bonds. The van der Waals surface area contributed by atoms with Gasteiger partial charge in [0.1, 0.15) is 5.78 Å². The standard InChI is InChI=1S/C10H19NO3S/c1-2-8-15(13,14)9-7-11-5-3-10(12)4-6-11/h2-9H2,1H3. The van der Waals surface area contributed by atoms with Crippen LogP contribution in [0.2, 0.25) is 0 Å². The molecular weight excluding hydrogens is 214 g/mol. The zero-order valence-electron chi connectivity index (χ0n) is 9.24. The lowest BCUT2D eigenvalue weighted by atomic mass is 10.1. The number of hydrogen-bond donors (Lipinski definition) is 0.